The van der Waals surface area contributed by atoms with Crippen molar-refractivity contribution >= 4 is 17.6 Å². The number of aromatic amines is 1. The molecule has 0 aliphatic heterocycles. The van der Waals surface area contributed by atoms with E-state index < -0.39 is 5.97 Å². The van der Waals surface area contributed by atoms with E-state index in [4.69, 9.17) is 16.7 Å². The summed E-state index contributed by atoms with van der Waals surface area (Å²) in [5, 5.41) is 19.0. The Morgan fingerprint density at radius 3 is 2.87 bits per heavy atom. The minimum Gasteiger partial charge on any atom is -0.478 e. The van der Waals surface area contributed by atoms with Crippen molar-refractivity contribution in [2.75, 3.05) is 0 Å². The molecular weight excluding hydrogens is 218 g/mol. The first kappa shape index (κ1) is 9.67. The predicted octanol–water partition coefficient (Wildman–Crippen LogP) is 1.82. The molecule has 0 bridgehead atoms. The SMILES string of the molecule is O=C(O)c1cc(-c2cn[nH]n2)ccc1Cl. The summed E-state index contributed by atoms with van der Waals surface area (Å²) in [5.74, 6) is -1.06. The molecule has 15 heavy (non-hydrogen) atoms. The standard InChI is InChI=1S/C9H6ClN3O2/c10-7-2-1-5(3-6(7)9(14)15)8-4-11-13-12-8/h1-4H,(H,14,15)(H,11,12,13). The Morgan fingerprint density at radius 1 is 1.47 bits per heavy atom. The fourth-order valence-electron chi connectivity index (χ4n) is 1.19. The molecule has 0 amide bonds. The number of benzene rings is 1. The van der Waals surface area contributed by atoms with Crippen LogP contribution < -0.4 is 0 Å². The molecule has 2 N–H and O–H groups in total. The number of aromatic carboxylic acids is 1. The summed E-state index contributed by atoms with van der Waals surface area (Å²) in [6, 6.07) is 4.67. The Labute approximate surface area is 89.7 Å². The molecule has 2 aromatic rings. The molecule has 0 aliphatic carbocycles. The predicted molar refractivity (Wildman–Crippen MR) is 53.8 cm³/mol. The molecule has 0 saturated heterocycles. The summed E-state index contributed by atoms with van der Waals surface area (Å²) in [5.41, 5.74) is 1.29. The van der Waals surface area contributed by atoms with Crippen LogP contribution in [0.2, 0.25) is 5.02 Å². The lowest BCUT2D eigenvalue weighted by Gasteiger charge is -2.00. The summed E-state index contributed by atoms with van der Waals surface area (Å²) in [7, 11) is 0. The number of nitrogens with one attached hydrogen (secondary N) is 1. The minimum absolute atomic E-state index is 0.0529. The highest BCUT2D eigenvalue weighted by Gasteiger charge is 2.11. The van der Waals surface area contributed by atoms with Crippen LogP contribution >= 0.6 is 11.6 Å². The number of hydrogen-bond acceptors (Lipinski definition) is 3. The molecule has 0 saturated carbocycles. The third-order valence-corrected chi connectivity index (χ3v) is 2.24. The van der Waals surface area contributed by atoms with Gasteiger partial charge in [-0.25, -0.2) is 4.79 Å². The van der Waals surface area contributed by atoms with E-state index in [0.717, 1.165) is 0 Å². The van der Waals surface area contributed by atoms with Crippen molar-refractivity contribution in [1.82, 2.24) is 15.4 Å². The zero-order valence-electron chi connectivity index (χ0n) is 7.44. The van der Waals surface area contributed by atoms with E-state index in [2.05, 4.69) is 15.4 Å². The summed E-state index contributed by atoms with van der Waals surface area (Å²) >= 11 is 5.73. The van der Waals surface area contributed by atoms with Gasteiger partial charge >= 0.3 is 5.97 Å². The molecular formula is C9H6ClN3O2. The van der Waals surface area contributed by atoms with E-state index in [9.17, 15) is 4.79 Å². The summed E-state index contributed by atoms with van der Waals surface area (Å²) in [4.78, 5) is 10.8. The summed E-state index contributed by atoms with van der Waals surface area (Å²) < 4.78 is 0. The molecule has 0 unspecified atom stereocenters. The Bertz CT molecular complexity index is 496. The zero-order valence-corrected chi connectivity index (χ0v) is 8.19. The Kier molecular flexibility index (Phi) is 2.39. The molecule has 0 radical (unpaired) electrons. The molecule has 2 rings (SSSR count). The molecule has 1 aromatic heterocycles. The Balaban J connectivity index is 2.52. The quantitative estimate of drug-likeness (QED) is 0.814. The first-order valence-electron chi connectivity index (χ1n) is 4.07. The number of carbonyl (C=O) groups is 1. The number of halogens is 1. The molecule has 0 fully saturated rings. The van der Waals surface area contributed by atoms with Crippen LogP contribution in [0, 0.1) is 0 Å². The third kappa shape index (κ3) is 1.82. The number of H-pyrrole nitrogens is 1. The van der Waals surface area contributed by atoms with Crippen LogP contribution in [-0.4, -0.2) is 26.5 Å². The van der Waals surface area contributed by atoms with Crippen LogP contribution in [0.4, 0.5) is 0 Å². The van der Waals surface area contributed by atoms with Crippen LogP contribution in [-0.2, 0) is 0 Å². The number of nitrogens with zero attached hydrogens (tertiary/aromatic N) is 2. The van der Waals surface area contributed by atoms with Gasteiger partial charge in [0.25, 0.3) is 0 Å². The van der Waals surface area contributed by atoms with Gasteiger partial charge in [-0.2, -0.15) is 15.4 Å². The molecule has 0 atom stereocenters. The molecule has 6 heteroatoms. The van der Waals surface area contributed by atoms with E-state index in [1.54, 1.807) is 6.07 Å². The van der Waals surface area contributed by atoms with Crippen LogP contribution in [0.25, 0.3) is 11.3 Å². The van der Waals surface area contributed by atoms with Gasteiger partial charge in [0.05, 0.1) is 16.8 Å². The fraction of sp³-hybridized carbons (Fsp3) is 0. The van der Waals surface area contributed by atoms with Gasteiger partial charge in [-0.05, 0) is 12.1 Å². The van der Waals surface area contributed by atoms with Crippen LogP contribution in [0.3, 0.4) is 0 Å². The van der Waals surface area contributed by atoms with Gasteiger partial charge in [-0.15, -0.1) is 0 Å². The highest BCUT2D eigenvalue weighted by Crippen LogP contribution is 2.23. The van der Waals surface area contributed by atoms with Gasteiger partial charge in [0, 0.05) is 5.56 Å². The second kappa shape index (κ2) is 3.70. The van der Waals surface area contributed by atoms with Gasteiger partial charge in [0.15, 0.2) is 0 Å². The number of carboxylic acid groups (broad SMARTS) is 1. The summed E-state index contributed by atoms with van der Waals surface area (Å²) in [6.07, 6.45) is 1.51. The van der Waals surface area contributed by atoms with Crippen molar-refractivity contribution in [3.05, 3.63) is 35.0 Å². The fourth-order valence-corrected chi connectivity index (χ4v) is 1.39. The average Bonchev–Trinajstić information content (AvgIpc) is 2.71. The molecule has 0 spiro atoms. The van der Waals surface area contributed by atoms with E-state index in [0.29, 0.717) is 11.3 Å². The highest BCUT2D eigenvalue weighted by atomic mass is 35.5. The lowest BCUT2D eigenvalue weighted by molar-refractivity contribution is 0.0697. The normalized spacial score (nSPS) is 10.2. The van der Waals surface area contributed by atoms with Gasteiger partial charge in [0.1, 0.15) is 5.69 Å². The highest BCUT2D eigenvalue weighted by molar-refractivity contribution is 6.33. The number of rotatable bonds is 2. The lowest BCUT2D eigenvalue weighted by Crippen LogP contribution is -1.97. The summed E-state index contributed by atoms with van der Waals surface area (Å²) in [6.45, 7) is 0. The maximum atomic E-state index is 10.8. The van der Waals surface area contributed by atoms with Crippen molar-refractivity contribution in [3.8, 4) is 11.3 Å². The second-order valence-electron chi connectivity index (χ2n) is 2.86. The second-order valence-corrected chi connectivity index (χ2v) is 3.26. The van der Waals surface area contributed by atoms with Crippen molar-refractivity contribution in [2.45, 2.75) is 0 Å². The number of aromatic nitrogens is 3. The molecule has 1 aromatic carbocycles. The smallest absolute Gasteiger partial charge is 0.337 e. The van der Waals surface area contributed by atoms with Gasteiger partial charge in [0.2, 0.25) is 0 Å². The van der Waals surface area contributed by atoms with Gasteiger partial charge in [-0.1, -0.05) is 17.7 Å². The lowest BCUT2D eigenvalue weighted by atomic mass is 10.1. The minimum atomic E-state index is -1.06. The van der Waals surface area contributed by atoms with Crippen molar-refractivity contribution in [1.29, 1.82) is 0 Å². The number of carboxylic acids is 1. The number of hydrogen-bond donors (Lipinski definition) is 2. The zero-order chi connectivity index (χ0) is 10.8. The van der Waals surface area contributed by atoms with Crippen molar-refractivity contribution < 1.29 is 9.90 Å². The molecule has 0 aliphatic rings. The largest absolute Gasteiger partial charge is 0.478 e. The van der Waals surface area contributed by atoms with Crippen molar-refractivity contribution in [3.63, 3.8) is 0 Å². The van der Waals surface area contributed by atoms with E-state index >= 15 is 0 Å². The molecule has 5 nitrogen and oxygen atoms in total. The maximum absolute atomic E-state index is 10.8. The van der Waals surface area contributed by atoms with Crippen LogP contribution in [0.1, 0.15) is 10.4 Å². The van der Waals surface area contributed by atoms with Crippen molar-refractivity contribution in [2.24, 2.45) is 0 Å². The van der Waals surface area contributed by atoms with E-state index in [1.807, 2.05) is 0 Å². The van der Waals surface area contributed by atoms with E-state index in [1.165, 1.54) is 18.3 Å². The average molecular weight is 224 g/mol. The van der Waals surface area contributed by atoms with Gasteiger partial charge in [-0.3, -0.25) is 0 Å². The van der Waals surface area contributed by atoms with Crippen LogP contribution in [0.5, 0.6) is 0 Å². The van der Waals surface area contributed by atoms with Gasteiger partial charge < -0.3 is 5.11 Å². The Morgan fingerprint density at radius 2 is 2.27 bits per heavy atom. The maximum Gasteiger partial charge on any atom is 0.337 e. The van der Waals surface area contributed by atoms with E-state index in [-0.39, 0.29) is 10.6 Å². The third-order valence-electron chi connectivity index (χ3n) is 1.91. The Hall–Kier alpha value is -1.88. The topological polar surface area (TPSA) is 78.9 Å². The first-order chi connectivity index (χ1) is 7.18. The molecule has 1 heterocycles. The van der Waals surface area contributed by atoms with Crippen LogP contribution in [0.15, 0.2) is 24.4 Å². The monoisotopic (exact) mass is 223 g/mol. The molecule has 76 valence electrons. The first-order valence-corrected chi connectivity index (χ1v) is 4.45.